The number of hydrogen-bond donors (Lipinski definition) is 2. The van der Waals surface area contributed by atoms with Gasteiger partial charge in [0.25, 0.3) is 0 Å². The van der Waals surface area contributed by atoms with Crippen molar-refractivity contribution in [1.29, 1.82) is 0 Å². The third-order valence-electron chi connectivity index (χ3n) is 4.47. The van der Waals surface area contributed by atoms with E-state index in [-0.39, 0.29) is 36.4 Å². The van der Waals surface area contributed by atoms with E-state index in [1.165, 1.54) is 5.56 Å². The summed E-state index contributed by atoms with van der Waals surface area (Å²) in [7, 11) is 3.49. The molecule has 1 fully saturated rings. The van der Waals surface area contributed by atoms with E-state index in [9.17, 15) is 4.79 Å². The predicted octanol–water partition coefficient (Wildman–Crippen LogP) is 1.19. The summed E-state index contributed by atoms with van der Waals surface area (Å²) in [4.78, 5) is 20.2. The van der Waals surface area contributed by atoms with Crippen molar-refractivity contribution in [2.75, 3.05) is 66.6 Å². The molecule has 0 atom stereocenters. The Kier molecular flexibility index (Phi) is 12.8. The van der Waals surface area contributed by atoms with Crippen LogP contribution in [0.15, 0.2) is 35.3 Å². The van der Waals surface area contributed by atoms with Crippen molar-refractivity contribution in [3.05, 3.63) is 35.9 Å². The van der Waals surface area contributed by atoms with Gasteiger partial charge in [0.05, 0.1) is 13.2 Å². The van der Waals surface area contributed by atoms with Crippen LogP contribution in [0.1, 0.15) is 12.0 Å². The predicted molar refractivity (Wildman–Crippen MR) is 124 cm³/mol. The lowest BCUT2D eigenvalue weighted by Crippen LogP contribution is -2.41. The minimum atomic E-state index is -0.00697. The standard InChI is InChI=1S/C20H33N5O2.HI/c1-24(2)19(26)17-23-20(22-11-9-18-7-4-3-5-8-18)21-10-6-12-25-13-15-27-16-14-25;/h3-5,7-8H,6,9-17H2,1-2H3,(H2,21,22,23);1H. The minimum Gasteiger partial charge on any atom is -0.379 e. The number of ether oxygens (including phenoxy) is 1. The lowest BCUT2D eigenvalue weighted by molar-refractivity contribution is -0.127. The van der Waals surface area contributed by atoms with Gasteiger partial charge < -0.3 is 20.3 Å². The van der Waals surface area contributed by atoms with E-state index in [4.69, 9.17) is 4.74 Å². The lowest BCUT2D eigenvalue weighted by Gasteiger charge is -2.26. The number of carbonyl (C=O) groups excluding carboxylic acids is 1. The van der Waals surface area contributed by atoms with Crippen molar-refractivity contribution < 1.29 is 9.53 Å². The monoisotopic (exact) mass is 503 g/mol. The molecule has 0 aromatic heterocycles. The molecule has 1 heterocycles. The molecular weight excluding hydrogens is 469 g/mol. The van der Waals surface area contributed by atoms with Gasteiger partial charge in [0.15, 0.2) is 5.96 Å². The summed E-state index contributed by atoms with van der Waals surface area (Å²) in [6.45, 7) is 6.46. The Morgan fingerprint density at radius 3 is 2.50 bits per heavy atom. The van der Waals surface area contributed by atoms with Gasteiger partial charge in [-0.2, -0.15) is 0 Å². The quantitative estimate of drug-likeness (QED) is 0.230. The molecule has 1 aliphatic rings. The van der Waals surface area contributed by atoms with Crippen LogP contribution in [0.2, 0.25) is 0 Å². The largest absolute Gasteiger partial charge is 0.379 e. The number of morpholine rings is 1. The Hall–Kier alpha value is -1.39. The molecule has 28 heavy (non-hydrogen) atoms. The number of nitrogens with zero attached hydrogens (tertiary/aromatic N) is 3. The number of benzene rings is 1. The van der Waals surface area contributed by atoms with Crippen LogP contribution in [0.3, 0.4) is 0 Å². The lowest BCUT2D eigenvalue weighted by atomic mass is 10.1. The van der Waals surface area contributed by atoms with Crippen LogP contribution in [0.25, 0.3) is 0 Å². The summed E-state index contributed by atoms with van der Waals surface area (Å²) in [6.07, 6.45) is 1.94. The number of hydrogen-bond acceptors (Lipinski definition) is 4. The molecule has 0 saturated carbocycles. The summed E-state index contributed by atoms with van der Waals surface area (Å²) < 4.78 is 5.38. The number of likely N-dealkylation sites (N-methyl/N-ethyl adjacent to an activating group) is 1. The number of nitrogens with one attached hydrogen (secondary N) is 2. The summed E-state index contributed by atoms with van der Waals surface area (Å²) in [5.41, 5.74) is 1.28. The van der Waals surface area contributed by atoms with Gasteiger partial charge in [-0.05, 0) is 24.9 Å². The van der Waals surface area contributed by atoms with E-state index in [0.29, 0.717) is 5.96 Å². The molecule has 1 aliphatic heterocycles. The van der Waals surface area contributed by atoms with Crippen LogP contribution in [0.4, 0.5) is 0 Å². The zero-order valence-electron chi connectivity index (χ0n) is 17.0. The number of amides is 1. The highest BCUT2D eigenvalue weighted by Crippen LogP contribution is 1.99. The van der Waals surface area contributed by atoms with Crippen molar-refractivity contribution in [3.8, 4) is 0 Å². The van der Waals surface area contributed by atoms with Crippen molar-refractivity contribution in [2.24, 2.45) is 4.99 Å². The zero-order valence-corrected chi connectivity index (χ0v) is 19.4. The zero-order chi connectivity index (χ0) is 19.3. The van der Waals surface area contributed by atoms with E-state index in [1.54, 1.807) is 19.0 Å². The number of guanidine groups is 1. The van der Waals surface area contributed by atoms with E-state index >= 15 is 0 Å². The molecule has 2 N–H and O–H groups in total. The Morgan fingerprint density at radius 2 is 1.82 bits per heavy atom. The van der Waals surface area contributed by atoms with Crippen LogP contribution in [-0.2, 0) is 16.0 Å². The van der Waals surface area contributed by atoms with Gasteiger partial charge in [-0.25, -0.2) is 4.99 Å². The second-order valence-electron chi connectivity index (χ2n) is 6.85. The SMILES string of the molecule is CN(C)C(=O)CN=C(NCCCN1CCOCC1)NCCc1ccccc1.I. The van der Waals surface area contributed by atoms with E-state index in [1.807, 2.05) is 18.2 Å². The van der Waals surface area contributed by atoms with Gasteiger partial charge in [-0.3, -0.25) is 9.69 Å². The number of carbonyl (C=O) groups is 1. The average Bonchev–Trinajstić information content (AvgIpc) is 2.70. The Morgan fingerprint density at radius 1 is 1.14 bits per heavy atom. The van der Waals surface area contributed by atoms with Gasteiger partial charge in [-0.1, -0.05) is 30.3 Å². The molecule has 7 nitrogen and oxygen atoms in total. The first-order valence-electron chi connectivity index (χ1n) is 9.71. The molecular formula is C20H34IN5O2. The van der Waals surface area contributed by atoms with Crippen LogP contribution >= 0.6 is 24.0 Å². The van der Waals surface area contributed by atoms with E-state index in [0.717, 1.165) is 58.8 Å². The molecule has 1 amide bonds. The smallest absolute Gasteiger partial charge is 0.243 e. The van der Waals surface area contributed by atoms with Gasteiger partial charge in [0, 0.05) is 40.3 Å². The first kappa shape index (κ1) is 24.6. The summed E-state index contributed by atoms with van der Waals surface area (Å²) in [5, 5.41) is 6.69. The second-order valence-corrected chi connectivity index (χ2v) is 6.85. The maximum absolute atomic E-state index is 11.8. The fourth-order valence-corrected chi connectivity index (χ4v) is 2.77. The van der Waals surface area contributed by atoms with Crippen LogP contribution in [-0.4, -0.2) is 88.2 Å². The van der Waals surface area contributed by atoms with E-state index < -0.39 is 0 Å². The Bertz CT molecular complexity index is 577. The molecule has 1 aromatic carbocycles. The molecule has 1 saturated heterocycles. The first-order valence-corrected chi connectivity index (χ1v) is 9.71. The average molecular weight is 503 g/mol. The van der Waals surface area contributed by atoms with Gasteiger partial charge in [0.2, 0.25) is 5.91 Å². The van der Waals surface area contributed by atoms with Crippen LogP contribution < -0.4 is 10.6 Å². The van der Waals surface area contributed by atoms with Gasteiger partial charge in [0.1, 0.15) is 6.54 Å². The third-order valence-corrected chi connectivity index (χ3v) is 4.47. The Balaban J connectivity index is 0.00000392. The molecule has 0 bridgehead atoms. The maximum atomic E-state index is 11.8. The molecule has 0 spiro atoms. The number of halogens is 1. The van der Waals surface area contributed by atoms with Gasteiger partial charge >= 0.3 is 0 Å². The highest BCUT2D eigenvalue weighted by atomic mass is 127. The Labute approximate surface area is 185 Å². The molecule has 0 radical (unpaired) electrons. The maximum Gasteiger partial charge on any atom is 0.243 e. The fourth-order valence-electron chi connectivity index (χ4n) is 2.77. The second kappa shape index (κ2) is 14.6. The van der Waals surface area contributed by atoms with Crippen molar-refractivity contribution in [2.45, 2.75) is 12.8 Å². The third kappa shape index (κ3) is 10.2. The van der Waals surface area contributed by atoms with Crippen molar-refractivity contribution in [3.63, 3.8) is 0 Å². The normalized spacial score (nSPS) is 14.9. The minimum absolute atomic E-state index is 0. The van der Waals surface area contributed by atoms with Crippen molar-refractivity contribution >= 4 is 35.8 Å². The topological polar surface area (TPSA) is 69.2 Å². The molecule has 1 aromatic rings. The van der Waals surface area contributed by atoms with Crippen LogP contribution in [0.5, 0.6) is 0 Å². The molecule has 0 unspecified atom stereocenters. The molecule has 8 heteroatoms. The highest BCUT2D eigenvalue weighted by molar-refractivity contribution is 14.0. The first-order chi connectivity index (χ1) is 13.1. The van der Waals surface area contributed by atoms with Crippen molar-refractivity contribution in [1.82, 2.24) is 20.4 Å². The summed E-state index contributed by atoms with van der Waals surface area (Å²) in [5.74, 6) is 0.690. The molecule has 158 valence electrons. The number of rotatable bonds is 9. The van der Waals surface area contributed by atoms with Crippen LogP contribution in [0, 0.1) is 0 Å². The summed E-state index contributed by atoms with van der Waals surface area (Å²) >= 11 is 0. The highest BCUT2D eigenvalue weighted by Gasteiger charge is 2.09. The molecule has 0 aliphatic carbocycles. The summed E-state index contributed by atoms with van der Waals surface area (Å²) in [6, 6.07) is 10.3. The molecule has 2 rings (SSSR count). The number of aliphatic imine (C=N–C) groups is 1. The van der Waals surface area contributed by atoms with E-state index in [2.05, 4.69) is 32.7 Å². The van der Waals surface area contributed by atoms with Gasteiger partial charge in [-0.15, -0.1) is 24.0 Å². The fraction of sp³-hybridized carbons (Fsp3) is 0.600.